The zero-order chi connectivity index (χ0) is 22.8. The Hall–Kier alpha value is -3.02. The number of benzene rings is 1. The Kier molecular flexibility index (Phi) is 6.40. The lowest BCUT2D eigenvalue weighted by molar-refractivity contribution is -0.133. The number of carbonyl (C=O) groups is 1. The highest BCUT2D eigenvalue weighted by Gasteiger charge is 2.23. The Morgan fingerprint density at radius 3 is 2.66 bits per heavy atom. The molecule has 0 unspecified atom stereocenters. The van der Waals surface area contributed by atoms with Crippen molar-refractivity contribution in [2.45, 2.75) is 33.2 Å². The number of hydrogen-bond acceptors (Lipinski definition) is 5. The van der Waals surface area contributed by atoms with Gasteiger partial charge < -0.3 is 4.90 Å². The van der Waals surface area contributed by atoms with E-state index in [4.69, 9.17) is 11.6 Å². The molecule has 3 aromatic rings. The summed E-state index contributed by atoms with van der Waals surface area (Å²) in [7, 11) is 0. The van der Waals surface area contributed by atoms with E-state index in [1.54, 1.807) is 16.6 Å². The maximum Gasteiger partial charge on any atom is 0.222 e. The van der Waals surface area contributed by atoms with E-state index in [1.165, 1.54) is 12.3 Å². The maximum atomic E-state index is 14.1. The van der Waals surface area contributed by atoms with Gasteiger partial charge in [0.25, 0.3) is 0 Å². The van der Waals surface area contributed by atoms with Gasteiger partial charge in [-0.3, -0.25) is 9.69 Å². The fourth-order valence-electron chi connectivity index (χ4n) is 4.20. The fourth-order valence-corrected chi connectivity index (χ4v) is 4.43. The number of nitrogens with zero attached hydrogens (tertiary/aromatic N) is 6. The highest BCUT2D eigenvalue weighted by atomic mass is 35.5. The minimum Gasteiger partial charge on any atom is -0.340 e. The zero-order valence-corrected chi connectivity index (χ0v) is 18.9. The normalized spacial score (nSPS) is 14.7. The summed E-state index contributed by atoms with van der Waals surface area (Å²) in [6.07, 6.45) is 2.45. The van der Waals surface area contributed by atoms with Crippen LogP contribution in [0.25, 0.3) is 5.65 Å². The molecule has 0 radical (unpaired) electrons. The standard InChI is InChI=1S/C23H24ClFN6O/c1-15-18(16(2)31-23(28-15)17(12-26)13-27-31)6-7-22(32)30-10-8-29(9-11-30)14-19-20(24)4-3-5-21(19)25/h3-5,13H,6-11,14H2,1-2H3. The second-order valence-corrected chi connectivity index (χ2v) is 8.43. The van der Waals surface area contributed by atoms with Crippen molar-refractivity contribution in [3.05, 3.63) is 63.3 Å². The molecule has 3 heterocycles. The molecule has 1 aliphatic rings. The Morgan fingerprint density at radius 2 is 1.97 bits per heavy atom. The zero-order valence-electron chi connectivity index (χ0n) is 18.1. The van der Waals surface area contributed by atoms with Crippen molar-refractivity contribution >= 4 is 23.2 Å². The van der Waals surface area contributed by atoms with Gasteiger partial charge in [0.05, 0.1) is 6.20 Å². The summed E-state index contributed by atoms with van der Waals surface area (Å²) in [5.41, 5.74) is 4.17. The summed E-state index contributed by atoms with van der Waals surface area (Å²) in [6.45, 7) is 6.82. The second-order valence-electron chi connectivity index (χ2n) is 8.02. The van der Waals surface area contributed by atoms with Gasteiger partial charge in [0, 0.05) is 61.1 Å². The van der Waals surface area contributed by atoms with E-state index in [1.807, 2.05) is 18.7 Å². The summed E-state index contributed by atoms with van der Waals surface area (Å²) in [4.78, 5) is 21.3. The highest BCUT2D eigenvalue weighted by molar-refractivity contribution is 6.31. The van der Waals surface area contributed by atoms with E-state index in [0.29, 0.717) is 67.4 Å². The van der Waals surface area contributed by atoms with E-state index >= 15 is 0 Å². The molecule has 2 aromatic heterocycles. The van der Waals surface area contributed by atoms with Gasteiger partial charge in [0.15, 0.2) is 5.65 Å². The molecule has 9 heteroatoms. The first-order valence-electron chi connectivity index (χ1n) is 10.6. The van der Waals surface area contributed by atoms with Crippen molar-refractivity contribution in [1.29, 1.82) is 5.26 Å². The molecule has 4 rings (SSSR count). The molecule has 0 atom stereocenters. The van der Waals surface area contributed by atoms with E-state index < -0.39 is 0 Å². The van der Waals surface area contributed by atoms with Gasteiger partial charge in [0.2, 0.25) is 5.91 Å². The lowest BCUT2D eigenvalue weighted by Crippen LogP contribution is -2.48. The minimum atomic E-state index is -0.300. The molecule has 166 valence electrons. The molecule has 0 bridgehead atoms. The van der Waals surface area contributed by atoms with E-state index in [0.717, 1.165) is 17.0 Å². The number of hydrogen-bond donors (Lipinski definition) is 0. The first-order chi connectivity index (χ1) is 15.4. The van der Waals surface area contributed by atoms with Gasteiger partial charge in [-0.1, -0.05) is 17.7 Å². The summed E-state index contributed by atoms with van der Waals surface area (Å²) < 4.78 is 15.7. The smallest absolute Gasteiger partial charge is 0.222 e. The number of aromatic nitrogens is 3. The average Bonchev–Trinajstić information content (AvgIpc) is 3.19. The quantitative estimate of drug-likeness (QED) is 0.591. The van der Waals surface area contributed by atoms with Crippen LogP contribution in [0.4, 0.5) is 4.39 Å². The van der Waals surface area contributed by atoms with E-state index in [2.05, 4.69) is 21.1 Å². The van der Waals surface area contributed by atoms with Crippen molar-refractivity contribution in [3.63, 3.8) is 0 Å². The van der Waals surface area contributed by atoms with Gasteiger partial charge in [-0.25, -0.2) is 13.9 Å². The average molecular weight is 455 g/mol. The Morgan fingerprint density at radius 1 is 1.22 bits per heavy atom. The predicted molar refractivity (Wildman–Crippen MR) is 119 cm³/mol. The summed E-state index contributed by atoms with van der Waals surface area (Å²) in [5.74, 6) is -0.211. The molecule has 1 aromatic carbocycles. The van der Waals surface area contributed by atoms with Crippen molar-refractivity contribution in [3.8, 4) is 6.07 Å². The molecule has 1 saturated heterocycles. The summed E-state index contributed by atoms with van der Waals surface area (Å²) in [6, 6.07) is 6.82. The van der Waals surface area contributed by atoms with Crippen LogP contribution in [0.1, 0.15) is 34.5 Å². The van der Waals surface area contributed by atoms with E-state index in [9.17, 15) is 14.4 Å². The van der Waals surface area contributed by atoms with Crippen LogP contribution in [0, 0.1) is 31.0 Å². The number of amides is 1. The Labute approximate surface area is 191 Å². The van der Waals surface area contributed by atoms with Crippen LogP contribution < -0.4 is 0 Å². The van der Waals surface area contributed by atoms with Gasteiger partial charge >= 0.3 is 0 Å². The molecule has 0 aliphatic carbocycles. The first-order valence-corrected chi connectivity index (χ1v) is 10.9. The van der Waals surface area contributed by atoms with Crippen molar-refractivity contribution in [1.82, 2.24) is 24.4 Å². The molecule has 7 nitrogen and oxygen atoms in total. The summed E-state index contributed by atoms with van der Waals surface area (Å²) >= 11 is 6.14. The number of carbonyl (C=O) groups excluding carboxylic acids is 1. The minimum absolute atomic E-state index is 0.0886. The predicted octanol–water partition coefficient (Wildman–Crippen LogP) is 3.29. The third kappa shape index (κ3) is 4.31. The van der Waals surface area contributed by atoms with Gasteiger partial charge in [-0.2, -0.15) is 10.4 Å². The SMILES string of the molecule is Cc1nc2c(C#N)cnn2c(C)c1CCC(=O)N1CCN(Cc2c(F)cccc2Cl)CC1. The fraction of sp³-hybridized carbons (Fsp3) is 0.391. The molecular weight excluding hydrogens is 431 g/mol. The van der Waals surface area contributed by atoms with Crippen LogP contribution in [-0.2, 0) is 17.8 Å². The molecule has 1 aliphatic heterocycles. The molecule has 0 saturated carbocycles. The number of halogens is 2. The second kappa shape index (κ2) is 9.23. The molecule has 0 N–H and O–H groups in total. The molecule has 1 fully saturated rings. The lowest BCUT2D eigenvalue weighted by Gasteiger charge is -2.35. The molecule has 0 spiro atoms. The van der Waals surface area contributed by atoms with Gasteiger partial charge in [0.1, 0.15) is 17.4 Å². The lowest BCUT2D eigenvalue weighted by atomic mass is 10.1. The topological polar surface area (TPSA) is 77.5 Å². The van der Waals surface area contributed by atoms with Crippen molar-refractivity contribution in [2.75, 3.05) is 26.2 Å². The van der Waals surface area contributed by atoms with Crippen LogP contribution in [0.2, 0.25) is 5.02 Å². The van der Waals surface area contributed by atoms with Crippen molar-refractivity contribution < 1.29 is 9.18 Å². The van der Waals surface area contributed by atoms with Crippen LogP contribution >= 0.6 is 11.6 Å². The number of nitriles is 1. The highest BCUT2D eigenvalue weighted by Crippen LogP contribution is 2.22. The Bertz CT molecular complexity index is 1190. The van der Waals surface area contributed by atoms with Crippen molar-refractivity contribution in [2.24, 2.45) is 0 Å². The number of rotatable bonds is 5. The Balaban J connectivity index is 1.35. The number of piperazine rings is 1. The first kappa shape index (κ1) is 22.2. The number of fused-ring (bicyclic) bond motifs is 1. The van der Waals surface area contributed by atoms with Gasteiger partial charge in [-0.05, 0) is 38.0 Å². The van der Waals surface area contributed by atoms with Crippen LogP contribution in [0.3, 0.4) is 0 Å². The third-order valence-corrected chi connectivity index (χ3v) is 6.44. The molecule has 1 amide bonds. The molecular formula is C23H24ClFN6O. The van der Waals surface area contributed by atoms with E-state index in [-0.39, 0.29) is 11.7 Å². The summed E-state index contributed by atoms with van der Waals surface area (Å²) in [5, 5.41) is 13.9. The maximum absolute atomic E-state index is 14.1. The largest absolute Gasteiger partial charge is 0.340 e. The monoisotopic (exact) mass is 454 g/mol. The third-order valence-electron chi connectivity index (χ3n) is 6.09. The van der Waals surface area contributed by atoms with Gasteiger partial charge in [-0.15, -0.1) is 0 Å². The van der Waals surface area contributed by atoms with Crippen LogP contribution in [0.15, 0.2) is 24.4 Å². The number of aryl methyl sites for hydroxylation is 2. The van der Waals surface area contributed by atoms with Crippen LogP contribution in [0.5, 0.6) is 0 Å². The molecule has 32 heavy (non-hydrogen) atoms. The van der Waals surface area contributed by atoms with Crippen LogP contribution in [-0.4, -0.2) is 56.5 Å².